The molecule has 0 aromatic rings. The molecule has 2 fully saturated rings. The van der Waals surface area contributed by atoms with Gasteiger partial charge in [0.15, 0.2) is 0 Å². The van der Waals surface area contributed by atoms with E-state index in [4.69, 9.17) is 0 Å². The van der Waals surface area contributed by atoms with Crippen LogP contribution in [0.25, 0.3) is 0 Å². The van der Waals surface area contributed by atoms with Crippen molar-refractivity contribution >= 4 is 6.09 Å². The van der Waals surface area contributed by atoms with E-state index >= 15 is 0 Å². The van der Waals surface area contributed by atoms with Crippen LogP contribution in [0.2, 0.25) is 0 Å². The minimum absolute atomic E-state index is 0.247. The second-order valence-electron chi connectivity index (χ2n) is 2.35. The summed E-state index contributed by atoms with van der Waals surface area (Å²) in [6.45, 7) is 0.635. The Bertz CT molecular complexity index is 134. The van der Waals surface area contributed by atoms with Gasteiger partial charge < -0.3 is 10.1 Å². The van der Waals surface area contributed by atoms with Crippen LogP contribution >= 0.6 is 0 Å². The number of cyclic esters (lactones) is 1. The summed E-state index contributed by atoms with van der Waals surface area (Å²) in [6, 6.07) is 0.455. The lowest BCUT2D eigenvalue weighted by Crippen LogP contribution is -2.33. The van der Waals surface area contributed by atoms with Crippen molar-refractivity contribution in [1.82, 2.24) is 5.32 Å². The molecule has 3 heteroatoms. The van der Waals surface area contributed by atoms with Crippen molar-refractivity contribution in [2.75, 3.05) is 6.61 Å². The van der Waals surface area contributed by atoms with Gasteiger partial charge in [-0.1, -0.05) is 0 Å². The molecule has 1 aliphatic carbocycles. The molecule has 1 saturated carbocycles. The molecule has 1 saturated heterocycles. The highest BCUT2D eigenvalue weighted by molar-refractivity contribution is 5.69. The predicted molar refractivity (Wildman–Crippen MR) is 26.4 cm³/mol. The largest absolute Gasteiger partial charge is 0.449 e. The third kappa shape index (κ3) is 0.472. The van der Waals surface area contributed by atoms with Gasteiger partial charge in [0.1, 0.15) is 0 Å². The molecule has 0 aromatic carbocycles. The van der Waals surface area contributed by atoms with Crippen LogP contribution < -0.4 is 5.32 Å². The summed E-state index contributed by atoms with van der Waals surface area (Å²) in [4.78, 5) is 10.4. The van der Waals surface area contributed by atoms with E-state index in [1.54, 1.807) is 0 Å². The van der Waals surface area contributed by atoms with Gasteiger partial charge in [-0.25, -0.2) is 4.79 Å². The minimum atomic E-state index is -0.247. The molecule has 8 heavy (non-hydrogen) atoms. The summed E-state index contributed by atoms with van der Waals surface area (Å²) in [5, 5.41) is 2.69. The molecule has 0 spiro atoms. The number of amides is 1. The fourth-order valence-electron chi connectivity index (χ4n) is 0.984. The Morgan fingerprint density at radius 1 is 1.75 bits per heavy atom. The Morgan fingerprint density at radius 2 is 2.62 bits per heavy atom. The van der Waals surface area contributed by atoms with E-state index in [-0.39, 0.29) is 6.09 Å². The van der Waals surface area contributed by atoms with E-state index in [0.29, 0.717) is 18.6 Å². The molecule has 1 N–H and O–H groups in total. The Hall–Kier alpha value is -0.730. The summed E-state index contributed by atoms with van der Waals surface area (Å²) in [5.41, 5.74) is 0. The second kappa shape index (κ2) is 1.16. The molecule has 0 unspecified atom stereocenters. The van der Waals surface area contributed by atoms with Crippen LogP contribution in [-0.4, -0.2) is 18.7 Å². The quantitative estimate of drug-likeness (QED) is 0.484. The van der Waals surface area contributed by atoms with Gasteiger partial charge in [0.25, 0.3) is 0 Å². The number of carbonyl (C=O) groups is 1. The summed E-state index contributed by atoms with van der Waals surface area (Å²) >= 11 is 0. The highest BCUT2D eigenvalue weighted by Crippen LogP contribution is 2.32. The Balaban J connectivity index is 2.02. The molecular weight excluding hydrogens is 106 g/mol. The maximum absolute atomic E-state index is 10.4. The maximum atomic E-state index is 10.4. The SMILES string of the molecule is O=C1N[C@H]2C[C@H]2CO1. The van der Waals surface area contributed by atoms with Crippen molar-refractivity contribution in [2.24, 2.45) is 5.92 Å². The smallest absolute Gasteiger partial charge is 0.407 e. The van der Waals surface area contributed by atoms with Crippen molar-refractivity contribution in [1.29, 1.82) is 0 Å². The van der Waals surface area contributed by atoms with E-state index < -0.39 is 0 Å². The van der Waals surface area contributed by atoms with Crippen molar-refractivity contribution in [3.05, 3.63) is 0 Å². The Labute approximate surface area is 47.0 Å². The van der Waals surface area contributed by atoms with Crippen LogP contribution in [0.3, 0.4) is 0 Å². The van der Waals surface area contributed by atoms with Crippen molar-refractivity contribution in [3.63, 3.8) is 0 Å². The zero-order chi connectivity index (χ0) is 5.56. The Kier molecular flexibility index (Phi) is 0.604. The number of ether oxygens (including phenoxy) is 1. The molecule has 44 valence electrons. The van der Waals surface area contributed by atoms with Gasteiger partial charge in [-0.3, -0.25) is 0 Å². The van der Waals surface area contributed by atoms with Crippen LogP contribution in [0.1, 0.15) is 6.42 Å². The van der Waals surface area contributed by atoms with Crippen molar-refractivity contribution in [3.8, 4) is 0 Å². The van der Waals surface area contributed by atoms with Gasteiger partial charge in [-0.15, -0.1) is 0 Å². The fourth-order valence-corrected chi connectivity index (χ4v) is 0.984. The number of carbonyl (C=O) groups excluding carboxylic acids is 1. The van der Waals surface area contributed by atoms with Gasteiger partial charge in [-0.2, -0.15) is 0 Å². The van der Waals surface area contributed by atoms with Crippen LogP contribution in [0.15, 0.2) is 0 Å². The summed E-state index contributed by atoms with van der Waals surface area (Å²) < 4.78 is 4.68. The molecule has 2 aliphatic rings. The Morgan fingerprint density at radius 3 is 3.25 bits per heavy atom. The number of alkyl carbamates (subject to hydrolysis) is 1. The standard InChI is InChI=1S/C5H7NO2/c7-5-6-4-1-3(4)2-8-5/h3-4H,1-2H2,(H,6,7)/t3-,4-/m0/s1. The predicted octanol–water partition coefficient (Wildman–Crippen LogP) is 0.115. The number of nitrogens with one attached hydrogen (secondary N) is 1. The van der Waals surface area contributed by atoms with Crippen LogP contribution in [0, 0.1) is 5.92 Å². The molecule has 1 aliphatic heterocycles. The molecule has 0 bridgehead atoms. The van der Waals surface area contributed by atoms with Crippen LogP contribution in [0.4, 0.5) is 4.79 Å². The zero-order valence-electron chi connectivity index (χ0n) is 4.39. The van der Waals surface area contributed by atoms with E-state index in [1.165, 1.54) is 0 Å². The lowest BCUT2D eigenvalue weighted by Gasteiger charge is -2.10. The maximum Gasteiger partial charge on any atom is 0.407 e. The monoisotopic (exact) mass is 113 g/mol. The highest BCUT2D eigenvalue weighted by atomic mass is 16.6. The first-order chi connectivity index (χ1) is 3.86. The van der Waals surface area contributed by atoms with Crippen molar-refractivity contribution in [2.45, 2.75) is 12.5 Å². The molecule has 3 nitrogen and oxygen atoms in total. The second-order valence-corrected chi connectivity index (χ2v) is 2.35. The molecule has 1 amide bonds. The summed E-state index contributed by atoms with van der Waals surface area (Å²) in [6.07, 6.45) is 0.870. The third-order valence-electron chi connectivity index (χ3n) is 1.65. The fraction of sp³-hybridized carbons (Fsp3) is 0.800. The van der Waals surface area contributed by atoms with E-state index in [9.17, 15) is 4.79 Å². The molecule has 0 radical (unpaired) electrons. The molecular formula is C5H7NO2. The number of rotatable bonds is 0. The third-order valence-corrected chi connectivity index (χ3v) is 1.65. The lowest BCUT2D eigenvalue weighted by molar-refractivity contribution is 0.126. The topological polar surface area (TPSA) is 38.3 Å². The van der Waals surface area contributed by atoms with Gasteiger partial charge >= 0.3 is 6.09 Å². The number of hydrogen-bond acceptors (Lipinski definition) is 2. The number of fused-ring (bicyclic) bond motifs is 1. The van der Waals surface area contributed by atoms with E-state index in [2.05, 4.69) is 10.1 Å². The average Bonchev–Trinajstić information content (AvgIpc) is 2.43. The first kappa shape index (κ1) is 4.18. The van der Waals surface area contributed by atoms with E-state index in [0.717, 1.165) is 6.42 Å². The van der Waals surface area contributed by atoms with Crippen molar-refractivity contribution < 1.29 is 9.53 Å². The van der Waals surface area contributed by atoms with E-state index in [1.807, 2.05) is 0 Å². The summed E-state index contributed by atoms with van der Waals surface area (Å²) in [5.74, 6) is 0.632. The first-order valence-corrected chi connectivity index (χ1v) is 2.79. The summed E-state index contributed by atoms with van der Waals surface area (Å²) in [7, 11) is 0. The van der Waals surface area contributed by atoms with Crippen LogP contribution in [0.5, 0.6) is 0 Å². The zero-order valence-corrected chi connectivity index (χ0v) is 4.39. The number of hydrogen-bond donors (Lipinski definition) is 1. The van der Waals surface area contributed by atoms with Gasteiger partial charge in [0.2, 0.25) is 0 Å². The normalized spacial score (nSPS) is 41.8. The average molecular weight is 113 g/mol. The van der Waals surface area contributed by atoms with Crippen LogP contribution in [-0.2, 0) is 4.74 Å². The minimum Gasteiger partial charge on any atom is -0.449 e. The van der Waals surface area contributed by atoms with Gasteiger partial charge in [-0.05, 0) is 6.42 Å². The van der Waals surface area contributed by atoms with Gasteiger partial charge in [0, 0.05) is 12.0 Å². The molecule has 1 heterocycles. The first-order valence-electron chi connectivity index (χ1n) is 2.79. The molecule has 2 rings (SSSR count). The molecule has 2 atom stereocenters. The highest BCUT2D eigenvalue weighted by Gasteiger charge is 2.42. The van der Waals surface area contributed by atoms with Gasteiger partial charge in [0.05, 0.1) is 6.61 Å². The molecule has 0 aromatic heterocycles. The lowest BCUT2D eigenvalue weighted by atomic mass is 10.4.